The van der Waals surface area contributed by atoms with E-state index in [2.05, 4.69) is 93.1 Å². The summed E-state index contributed by atoms with van der Waals surface area (Å²) in [4.78, 5) is 0. The zero-order chi connectivity index (χ0) is 20.5. The lowest BCUT2D eigenvalue weighted by Gasteiger charge is -2.14. The Bertz CT molecular complexity index is 1210. The SMILES string of the molecule is Cc1cccc(-[n+]2ccc(-c3cccc(-c4cc(O)ccc4C)c3C)cc2C)c1. The minimum absolute atomic E-state index is 0.296. The van der Waals surface area contributed by atoms with Crippen LogP contribution in [-0.2, 0) is 0 Å². The molecule has 0 unspecified atom stereocenters. The first-order valence-corrected chi connectivity index (χ1v) is 9.93. The Morgan fingerprint density at radius 2 is 1.45 bits per heavy atom. The van der Waals surface area contributed by atoms with E-state index in [0.717, 1.165) is 16.7 Å². The Labute approximate surface area is 172 Å². The highest BCUT2D eigenvalue weighted by atomic mass is 16.3. The van der Waals surface area contributed by atoms with E-state index in [0.29, 0.717) is 5.75 Å². The maximum absolute atomic E-state index is 9.97. The van der Waals surface area contributed by atoms with E-state index in [1.807, 2.05) is 12.1 Å². The van der Waals surface area contributed by atoms with Crippen LogP contribution in [0.5, 0.6) is 5.75 Å². The monoisotopic (exact) mass is 380 g/mol. The predicted octanol–water partition coefficient (Wildman–Crippen LogP) is 6.24. The van der Waals surface area contributed by atoms with E-state index in [4.69, 9.17) is 0 Å². The van der Waals surface area contributed by atoms with Gasteiger partial charge in [-0.15, -0.1) is 0 Å². The van der Waals surface area contributed by atoms with E-state index in [1.54, 1.807) is 6.07 Å². The van der Waals surface area contributed by atoms with Gasteiger partial charge < -0.3 is 5.11 Å². The van der Waals surface area contributed by atoms with Gasteiger partial charge in [0, 0.05) is 31.2 Å². The summed E-state index contributed by atoms with van der Waals surface area (Å²) in [5, 5.41) is 9.97. The fraction of sp³-hybridized carbons (Fsp3) is 0.148. The summed E-state index contributed by atoms with van der Waals surface area (Å²) >= 11 is 0. The van der Waals surface area contributed by atoms with Crippen LogP contribution in [0, 0.1) is 27.7 Å². The molecule has 0 saturated heterocycles. The Morgan fingerprint density at radius 3 is 2.21 bits per heavy atom. The molecular formula is C27H26NO+. The molecular weight excluding hydrogens is 354 g/mol. The number of rotatable bonds is 3. The van der Waals surface area contributed by atoms with Crippen LogP contribution in [0.25, 0.3) is 27.9 Å². The number of pyridine rings is 1. The van der Waals surface area contributed by atoms with Gasteiger partial charge in [0.1, 0.15) is 5.75 Å². The number of aromatic hydroxyl groups is 1. The van der Waals surface area contributed by atoms with Crippen LogP contribution in [0.1, 0.15) is 22.4 Å². The maximum atomic E-state index is 9.97. The van der Waals surface area contributed by atoms with Crippen LogP contribution in [-0.4, -0.2) is 5.11 Å². The molecule has 0 radical (unpaired) electrons. The highest BCUT2D eigenvalue weighted by molar-refractivity contribution is 5.80. The van der Waals surface area contributed by atoms with Crippen molar-refractivity contribution in [3.05, 3.63) is 101 Å². The minimum atomic E-state index is 0.296. The quantitative estimate of drug-likeness (QED) is 0.418. The largest absolute Gasteiger partial charge is 0.508 e. The van der Waals surface area contributed by atoms with Gasteiger partial charge in [0.2, 0.25) is 5.69 Å². The molecule has 3 aromatic carbocycles. The zero-order valence-electron chi connectivity index (χ0n) is 17.4. The summed E-state index contributed by atoms with van der Waals surface area (Å²) in [7, 11) is 0. The van der Waals surface area contributed by atoms with E-state index < -0.39 is 0 Å². The number of hydrogen-bond donors (Lipinski definition) is 1. The van der Waals surface area contributed by atoms with Gasteiger partial charge in [-0.2, -0.15) is 4.57 Å². The molecule has 0 aliphatic heterocycles. The van der Waals surface area contributed by atoms with Gasteiger partial charge in [-0.05, 0) is 71.8 Å². The average Bonchev–Trinajstić information content (AvgIpc) is 2.70. The average molecular weight is 381 g/mol. The van der Waals surface area contributed by atoms with Crippen molar-refractivity contribution in [3.63, 3.8) is 0 Å². The number of phenols is 1. The van der Waals surface area contributed by atoms with Gasteiger partial charge in [-0.25, -0.2) is 0 Å². The second kappa shape index (κ2) is 7.56. The van der Waals surface area contributed by atoms with E-state index in [9.17, 15) is 5.11 Å². The van der Waals surface area contributed by atoms with Crippen LogP contribution < -0.4 is 4.57 Å². The smallest absolute Gasteiger partial charge is 0.211 e. The number of benzene rings is 3. The Kier molecular flexibility index (Phi) is 4.94. The highest BCUT2D eigenvalue weighted by Gasteiger charge is 2.15. The molecule has 0 amide bonds. The van der Waals surface area contributed by atoms with Crippen molar-refractivity contribution in [1.82, 2.24) is 0 Å². The van der Waals surface area contributed by atoms with Crippen molar-refractivity contribution in [2.24, 2.45) is 0 Å². The van der Waals surface area contributed by atoms with Gasteiger partial charge in [-0.3, -0.25) is 0 Å². The Morgan fingerprint density at radius 1 is 0.690 bits per heavy atom. The molecule has 0 spiro atoms. The van der Waals surface area contributed by atoms with Crippen molar-refractivity contribution >= 4 is 0 Å². The summed E-state index contributed by atoms with van der Waals surface area (Å²) in [6, 6.07) is 24.9. The molecule has 0 fully saturated rings. The van der Waals surface area contributed by atoms with Gasteiger partial charge >= 0.3 is 0 Å². The molecule has 1 aromatic heterocycles. The summed E-state index contributed by atoms with van der Waals surface area (Å²) in [5.41, 5.74) is 10.6. The summed E-state index contributed by atoms with van der Waals surface area (Å²) in [6.45, 7) is 8.50. The molecule has 4 rings (SSSR count). The van der Waals surface area contributed by atoms with Crippen molar-refractivity contribution < 1.29 is 9.67 Å². The van der Waals surface area contributed by atoms with Gasteiger partial charge in [0.15, 0.2) is 11.9 Å². The standard InChI is InChI=1S/C27H25NO/c1-18-7-5-8-23(15-18)28-14-13-22(16-20(28)3)25-9-6-10-26(21(25)4)27-17-24(29)12-11-19(27)2/h5-17H,1-4H3/p+1. The molecule has 144 valence electrons. The van der Waals surface area contributed by atoms with Crippen LogP contribution in [0.15, 0.2) is 79.0 Å². The fourth-order valence-electron chi connectivity index (χ4n) is 3.99. The first-order chi connectivity index (χ1) is 13.9. The third-order valence-electron chi connectivity index (χ3n) is 5.58. The maximum Gasteiger partial charge on any atom is 0.211 e. The lowest BCUT2D eigenvalue weighted by atomic mass is 9.91. The Balaban J connectivity index is 1.80. The highest BCUT2D eigenvalue weighted by Crippen LogP contribution is 2.34. The lowest BCUT2D eigenvalue weighted by molar-refractivity contribution is -0.602. The molecule has 1 N–H and O–H groups in total. The second-order valence-electron chi connectivity index (χ2n) is 7.74. The molecule has 0 bridgehead atoms. The molecule has 1 heterocycles. The van der Waals surface area contributed by atoms with Gasteiger partial charge in [0.25, 0.3) is 0 Å². The fourth-order valence-corrected chi connectivity index (χ4v) is 3.99. The predicted molar refractivity (Wildman–Crippen MR) is 119 cm³/mol. The molecule has 4 aromatic rings. The zero-order valence-corrected chi connectivity index (χ0v) is 17.4. The van der Waals surface area contributed by atoms with E-state index in [1.165, 1.54) is 33.6 Å². The van der Waals surface area contributed by atoms with Crippen molar-refractivity contribution in [1.29, 1.82) is 0 Å². The van der Waals surface area contributed by atoms with Crippen LogP contribution in [0.4, 0.5) is 0 Å². The molecule has 0 saturated carbocycles. The van der Waals surface area contributed by atoms with Gasteiger partial charge in [-0.1, -0.05) is 36.4 Å². The van der Waals surface area contributed by atoms with E-state index >= 15 is 0 Å². The summed E-state index contributed by atoms with van der Waals surface area (Å²) in [5.74, 6) is 0.296. The molecule has 0 aliphatic carbocycles. The number of phenolic OH excluding ortho intramolecular Hbond substituents is 1. The first-order valence-electron chi connectivity index (χ1n) is 9.93. The lowest BCUT2D eigenvalue weighted by Crippen LogP contribution is -2.33. The van der Waals surface area contributed by atoms with Crippen LogP contribution in [0.2, 0.25) is 0 Å². The molecule has 29 heavy (non-hydrogen) atoms. The van der Waals surface area contributed by atoms with E-state index in [-0.39, 0.29) is 0 Å². The molecule has 2 nitrogen and oxygen atoms in total. The third kappa shape index (κ3) is 3.66. The molecule has 2 heteroatoms. The van der Waals surface area contributed by atoms with Crippen LogP contribution >= 0.6 is 0 Å². The summed E-state index contributed by atoms with van der Waals surface area (Å²) in [6.07, 6.45) is 2.14. The normalized spacial score (nSPS) is 10.9. The number of aryl methyl sites for hydroxylation is 3. The molecule has 0 aliphatic rings. The van der Waals surface area contributed by atoms with Crippen molar-refractivity contribution in [2.75, 3.05) is 0 Å². The third-order valence-corrected chi connectivity index (χ3v) is 5.58. The molecule has 0 atom stereocenters. The second-order valence-corrected chi connectivity index (χ2v) is 7.74. The summed E-state index contributed by atoms with van der Waals surface area (Å²) < 4.78 is 2.22. The first kappa shape index (κ1) is 18.9. The number of aromatic nitrogens is 1. The minimum Gasteiger partial charge on any atom is -0.508 e. The van der Waals surface area contributed by atoms with Crippen LogP contribution in [0.3, 0.4) is 0 Å². The van der Waals surface area contributed by atoms with Gasteiger partial charge in [0.05, 0.1) is 0 Å². The number of nitrogens with zero attached hydrogens (tertiary/aromatic N) is 1. The Hall–Kier alpha value is -3.39. The van der Waals surface area contributed by atoms with Crippen molar-refractivity contribution in [3.8, 4) is 33.7 Å². The number of hydrogen-bond acceptors (Lipinski definition) is 1. The van der Waals surface area contributed by atoms with Crippen molar-refractivity contribution in [2.45, 2.75) is 27.7 Å². The topological polar surface area (TPSA) is 24.1 Å².